The number of aromatic amines is 1. The summed E-state index contributed by atoms with van der Waals surface area (Å²) in [7, 11) is 1.99. The maximum absolute atomic E-state index is 13.7. The molecule has 5 aromatic carbocycles. The number of H-pyrrole nitrogens is 1. The number of rotatable bonds is 15. The van der Waals surface area contributed by atoms with Gasteiger partial charge >= 0.3 is 17.1 Å². The highest BCUT2D eigenvalue weighted by molar-refractivity contribution is 6.12. The SMILES string of the molecule is CCCn1c(=O)n(C(C)C)c2c3cc(C)c(-c4c(C)noc4C)cc3ncc21.Cc1cc2c(cc1-c1c(C)noc1C)ncc1c2[nH]c(=O)n1C(C)C.Cc1cc2c(cc1-c1c(C)noc1C)ncc1c2n(C(C)C)c(=O)n1C(C)c1ccn(C)c1.Cc1cc2c(cc1-c1c(C)noc1C)ncc1nc(C3CCOCC3)n(C(C)C)c12.Cc1cc2c3c(cnc2cc1-c1c(C)noc1C)CC(=O)N3C(C)C. The smallest absolute Gasteiger partial charge is 0.329 e. The van der Waals surface area contributed by atoms with Crippen molar-refractivity contribution in [1.29, 1.82) is 0 Å². The highest BCUT2D eigenvalue weighted by Crippen LogP contribution is 2.45. The lowest BCUT2D eigenvalue weighted by molar-refractivity contribution is -0.117. The average Bonchev–Trinajstić information content (AvgIpc) is 1.58. The molecular formula is C111H124N20O10. The highest BCUT2D eigenvalue weighted by atomic mass is 16.5. The van der Waals surface area contributed by atoms with Gasteiger partial charge < -0.3 is 46.4 Å². The molecule has 0 aliphatic carbocycles. The van der Waals surface area contributed by atoms with E-state index in [1.54, 1.807) is 10.8 Å². The maximum Gasteiger partial charge on any atom is 0.329 e. The van der Waals surface area contributed by atoms with Crippen molar-refractivity contribution in [3.63, 3.8) is 0 Å². The second kappa shape index (κ2) is 37.7. The van der Waals surface area contributed by atoms with E-state index in [0.717, 1.165) is 278 Å². The molecule has 1 amide bonds. The molecule has 17 heterocycles. The molecule has 30 heteroatoms. The van der Waals surface area contributed by atoms with Crippen molar-refractivity contribution in [2.75, 3.05) is 18.1 Å². The van der Waals surface area contributed by atoms with Crippen LogP contribution in [-0.2, 0) is 29.5 Å². The second-order valence-electron chi connectivity index (χ2n) is 39.6. The van der Waals surface area contributed by atoms with E-state index in [1.807, 2.05) is 169 Å². The number of benzene rings is 5. The lowest BCUT2D eigenvalue weighted by Gasteiger charge is -2.24. The van der Waals surface area contributed by atoms with Gasteiger partial charge in [-0.05, 0) is 327 Å². The number of pyridine rings is 5. The van der Waals surface area contributed by atoms with E-state index in [4.69, 9.17) is 47.3 Å². The summed E-state index contributed by atoms with van der Waals surface area (Å²) >= 11 is 0. The van der Waals surface area contributed by atoms with E-state index in [2.05, 4.69) is 202 Å². The van der Waals surface area contributed by atoms with Gasteiger partial charge in [-0.25, -0.2) is 19.4 Å². The fraction of sp³-hybridized carbons (Fsp3) is 0.378. The zero-order valence-corrected chi connectivity index (χ0v) is 86.0. The van der Waals surface area contributed by atoms with Gasteiger partial charge in [0.2, 0.25) is 5.91 Å². The first-order valence-electron chi connectivity index (χ1n) is 48.8. The molecule has 2 aliphatic rings. The van der Waals surface area contributed by atoms with Crippen LogP contribution in [0, 0.1) is 104 Å². The van der Waals surface area contributed by atoms with Crippen LogP contribution in [0.5, 0.6) is 0 Å². The summed E-state index contributed by atoms with van der Waals surface area (Å²) in [5.41, 5.74) is 35.4. The number of imidazole rings is 4. The number of nitrogens with one attached hydrogen (secondary N) is 1. The maximum atomic E-state index is 13.7. The van der Waals surface area contributed by atoms with Crippen molar-refractivity contribution >= 4 is 110 Å². The van der Waals surface area contributed by atoms with Crippen molar-refractivity contribution in [3.05, 3.63) is 244 Å². The van der Waals surface area contributed by atoms with E-state index in [1.165, 1.54) is 16.9 Å². The summed E-state index contributed by atoms with van der Waals surface area (Å²) in [5, 5.41) is 25.6. The van der Waals surface area contributed by atoms with Gasteiger partial charge in [-0.15, -0.1) is 0 Å². The van der Waals surface area contributed by atoms with Crippen LogP contribution in [0.4, 0.5) is 5.69 Å². The number of carbonyl (C=O) groups excluding carboxylic acids is 1. The largest absolute Gasteiger partial charge is 0.381 e. The minimum absolute atomic E-state index is 0.0115. The van der Waals surface area contributed by atoms with Gasteiger partial charge in [-0.1, -0.05) is 32.7 Å². The minimum atomic E-state index is -0.108. The standard InChI is InChI=1S/C26H29N5O2.C24H28N4O2.C22H26N4O2.C20H21N3O2.C19H20N4O2/c1-14(2)30-25-21-10-15(3)20(24-16(4)28-33-18(24)6)11-22(21)27-12-23(25)31(26(30)32)17(5)19-8-9-29(7)13-19;1-13(2)28-23-19-10-14(3)18(22-15(4)27-30-16(22)5)11-20(19)25-12-21(23)26-24(28)17-6-8-29-9-7-17;1-7-8-25-19-11-23-18-10-16(20-14(5)24-28-15(20)6)13(4)9-17(18)21(19)26(12(2)3)22(25)27;1-10(2)23-18(24)7-14-9-21-17-8-15(11(3)6-16(17)20(14)23)19-12(4)22-25-13(19)5;1-9(2)23-16-8-20-15-7-13(17-11(4)22-25-12(17)5)10(3)6-14(15)18(16)21-19(23)24/h8-14,17H,1-7H3;10-13,17H,6-9H2,1-5H3;9-12H,7-8H2,1-6H3;6,8-10H,7H2,1-5H3;6-9H,1-5H3,(H,21,24). The van der Waals surface area contributed by atoms with Gasteiger partial charge in [0.05, 0.1) is 138 Å². The zero-order chi connectivity index (χ0) is 101. The van der Waals surface area contributed by atoms with Crippen molar-refractivity contribution in [2.24, 2.45) is 7.05 Å². The zero-order valence-electron chi connectivity index (χ0n) is 86.0. The molecule has 1 N–H and O–H groups in total. The Morgan fingerprint density at radius 1 is 0.404 bits per heavy atom. The Kier molecular flexibility index (Phi) is 25.8. The van der Waals surface area contributed by atoms with Crippen molar-refractivity contribution in [3.8, 4) is 55.6 Å². The highest BCUT2D eigenvalue weighted by Gasteiger charge is 2.35. The number of hydrogen-bond acceptors (Lipinski definition) is 21. The van der Waals surface area contributed by atoms with Crippen molar-refractivity contribution in [1.82, 2.24) is 92.6 Å². The molecule has 0 bridgehead atoms. The van der Waals surface area contributed by atoms with Crippen LogP contribution >= 0.6 is 0 Å². The molecule has 1 unspecified atom stereocenters. The van der Waals surface area contributed by atoms with Crippen LogP contribution in [0.3, 0.4) is 0 Å². The first-order valence-corrected chi connectivity index (χ1v) is 48.8. The van der Waals surface area contributed by atoms with Gasteiger partial charge in [0.15, 0.2) is 0 Å². The summed E-state index contributed by atoms with van der Waals surface area (Å²) in [6, 6.07) is 23.8. The molecular weight excluding hydrogens is 1770 g/mol. The van der Waals surface area contributed by atoms with Crippen LogP contribution in [0.2, 0.25) is 0 Å². The Bertz CT molecular complexity index is 8460. The van der Waals surface area contributed by atoms with Gasteiger partial charge in [-0.3, -0.25) is 52.5 Å². The molecule has 20 aromatic rings. The van der Waals surface area contributed by atoms with Crippen LogP contribution in [0.15, 0.2) is 147 Å². The summed E-state index contributed by atoms with van der Waals surface area (Å²) in [6.07, 6.45) is 16.6. The summed E-state index contributed by atoms with van der Waals surface area (Å²) in [6.45, 7) is 57.1. The summed E-state index contributed by atoms with van der Waals surface area (Å²) < 4.78 is 46.1. The van der Waals surface area contributed by atoms with E-state index in [-0.39, 0.29) is 53.2 Å². The number of anilines is 1. The van der Waals surface area contributed by atoms with E-state index in [0.29, 0.717) is 24.9 Å². The Hall–Kier alpha value is -14.8. The average molecular weight is 1900 g/mol. The fourth-order valence-corrected chi connectivity index (χ4v) is 21.4. The summed E-state index contributed by atoms with van der Waals surface area (Å²) in [5.74, 6) is 5.78. The molecule has 2 aliphatic heterocycles. The molecule has 728 valence electrons. The third-order valence-electron chi connectivity index (χ3n) is 28.0. The number of aryl methyl sites for hydroxylation is 17. The molecule has 30 nitrogen and oxygen atoms in total. The van der Waals surface area contributed by atoms with Gasteiger partial charge in [0.1, 0.15) is 40.1 Å². The molecule has 141 heavy (non-hydrogen) atoms. The minimum Gasteiger partial charge on any atom is -0.381 e. The van der Waals surface area contributed by atoms with Crippen molar-refractivity contribution < 1.29 is 32.1 Å². The van der Waals surface area contributed by atoms with Crippen molar-refractivity contribution in [2.45, 2.75) is 261 Å². The van der Waals surface area contributed by atoms with E-state index >= 15 is 0 Å². The predicted octanol–water partition coefficient (Wildman–Crippen LogP) is 24.2. The third-order valence-corrected chi connectivity index (χ3v) is 28.0. The normalized spacial score (nSPS) is 13.3. The number of carbonyl (C=O) groups is 1. The quantitative estimate of drug-likeness (QED) is 0.0996. The first-order chi connectivity index (χ1) is 67.2. The molecule has 1 fully saturated rings. The Labute approximate surface area is 816 Å². The van der Waals surface area contributed by atoms with Gasteiger partial charge in [0.25, 0.3) is 0 Å². The lowest BCUT2D eigenvalue weighted by Crippen LogP contribution is -2.33. The molecule has 22 rings (SSSR count). The molecule has 1 saturated heterocycles. The Morgan fingerprint density at radius 3 is 1.20 bits per heavy atom. The molecule has 1 atom stereocenters. The first kappa shape index (κ1) is 96.5. The molecule has 0 saturated carbocycles. The lowest BCUT2D eigenvalue weighted by atomic mass is 9.96. The number of ether oxygens (including phenoxy) is 1. The van der Waals surface area contributed by atoms with Crippen LogP contribution in [-0.4, -0.2) is 118 Å². The predicted molar refractivity (Wildman–Crippen MR) is 556 cm³/mol. The van der Waals surface area contributed by atoms with E-state index < -0.39 is 0 Å². The summed E-state index contributed by atoms with van der Waals surface area (Å²) in [4.78, 5) is 85.0. The fourth-order valence-electron chi connectivity index (χ4n) is 21.4. The van der Waals surface area contributed by atoms with Gasteiger partial charge in [-0.2, -0.15) is 0 Å². The number of aromatic nitrogens is 19. The molecule has 0 spiro atoms. The van der Waals surface area contributed by atoms with Crippen LogP contribution in [0.1, 0.15) is 241 Å². The number of nitrogens with zero attached hydrogens (tertiary/aromatic N) is 19. The molecule has 15 aromatic heterocycles. The Balaban J connectivity index is 0.000000117. The van der Waals surface area contributed by atoms with Crippen LogP contribution < -0.4 is 22.0 Å². The number of hydrogen-bond donors (Lipinski definition) is 1. The Morgan fingerprint density at radius 2 is 0.787 bits per heavy atom. The third kappa shape index (κ3) is 16.9. The molecule has 0 radical (unpaired) electrons. The number of amides is 1. The number of fused-ring (bicyclic) bond motifs is 15. The monoisotopic (exact) mass is 1900 g/mol. The van der Waals surface area contributed by atoms with Crippen LogP contribution in [0.25, 0.3) is 154 Å². The van der Waals surface area contributed by atoms with E-state index in [9.17, 15) is 19.2 Å². The van der Waals surface area contributed by atoms with Gasteiger partial charge in [0, 0.05) is 142 Å². The topological polar surface area (TPSA) is 339 Å². The second-order valence-corrected chi connectivity index (χ2v) is 39.6.